The lowest BCUT2D eigenvalue weighted by Crippen LogP contribution is -2.43. The molecule has 4 aliphatic rings. The maximum Gasteiger partial charge on any atom is 0.155 e. The number of carbonyl (C=O) groups is 1. The molecule has 0 saturated heterocycles. The Morgan fingerprint density at radius 2 is 2.04 bits per heavy atom. The zero-order chi connectivity index (χ0) is 17.1. The summed E-state index contributed by atoms with van der Waals surface area (Å²) in [6, 6.07) is 0. The number of allylic oxidation sites excluding steroid dienone is 5. The lowest BCUT2D eigenvalue weighted by molar-refractivity contribution is -0.115. The van der Waals surface area contributed by atoms with E-state index in [1.807, 2.05) is 6.08 Å². The Balaban J connectivity index is 1.76. The molecular weight excluding hydrogens is 300 g/mol. The highest BCUT2D eigenvalue weighted by molar-refractivity contribution is 5.92. The molecule has 0 bridgehead atoms. The molecule has 3 nitrogen and oxygen atoms in total. The van der Waals surface area contributed by atoms with Crippen LogP contribution >= 0.6 is 0 Å². The van der Waals surface area contributed by atoms with Crippen LogP contribution in [0.1, 0.15) is 58.8 Å². The Kier molecular flexibility index (Phi) is 3.58. The minimum absolute atomic E-state index is 0.0109. The van der Waals surface area contributed by atoms with Crippen LogP contribution in [0.4, 0.5) is 0 Å². The van der Waals surface area contributed by atoms with E-state index in [1.165, 1.54) is 5.57 Å². The number of aliphatic hydroxyl groups is 2. The van der Waals surface area contributed by atoms with Crippen molar-refractivity contribution in [1.82, 2.24) is 0 Å². The van der Waals surface area contributed by atoms with Gasteiger partial charge in [-0.1, -0.05) is 31.1 Å². The normalized spacial score (nSPS) is 43.4. The van der Waals surface area contributed by atoms with E-state index >= 15 is 0 Å². The largest absolute Gasteiger partial charge is 0.510 e. The van der Waals surface area contributed by atoms with Gasteiger partial charge in [0.05, 0.1) is 0 Å². The van der Waals surface area contributed by atoms with Crippen LogP contribution in [-0.4, -0.2) is 22.6 Å². The highest BCUT2D eigenvalue weighted by atomic mass is 16.3. The summed E-state index contributed by atoms with van der Waals surface area (Å²) in [6.45, 7) is 4.37. The van der Waals surface area contributed by atoms with Gasteiger partial charge in [0.15, 0.2) is 5.78 Å². The molecule has 3 heteroatoms. The van der Waals surface area contributed by atoms with Gasteiger partial charge in [-0.15, -0.1) is 0 Å². The number of hydrogen-bond donors (Lipinski definition) is 2. The van der Waals surface area contributed by atoms with E-state index < -0.39 is 0 Å². The van der Waals surface area contributed by atoms with Crippen molar-refractivity contribution < 1.29 is 15.0 Å². The van der Waals surface area contributed by atoms with E-state index in [-0.39, 0.29) is 23.2 Å². The van der Waals surface area contributed by atoms with Crippen molar-refractivity contribution in [3.05, 3.63) is 34.6 Å². The van der Waals surface area contributed by atoms with Crippen LogP contribution in [0.25, 0.3) is 0 Å². The van der Waals surface area contributed by atoms with Crippen LogP contribution in [0.5, 0.6) is 0 Å². The maximum atomic E-state index is 11.9. The third-order valence-corrected chi connectivity index (χ3v) is 7.62. The van der Waals surface area contributed by atoms with Gasteiger partial charge in [0.1, 0.15) is 12.4 Å². The van der Waals surface area contributed by atoms with Crippen molar-refractivity contribution in [2.75, 3.05) is 6.61 Å². The fraction of sp³-hybridized carbons (Fsp3) is 0.667. The lowest BCUT2D eigenvalue weighted by Gasteiger charge is -2.52. The van der Waals surface area contributed by atoms with Gasteiger partial charge in [0, 0.05) is 11.8 Å². The zero-order valence-corrected chi connectivity index (χ0v) is 14.8. The topological polar surface area (TPSA) is 57.5 Å². The molecule has 2 saturated carbocycles. The molecule has 0 aliphatic heterocycles. The average Bonchev–Trinajstić information content (AvgIpc) is 2.92. The minimum atomic E-state index is -0.244. The Morgan fingerprint density at radius 1 is 1.25 bits per heavy atom. The minimum Gasteiger partial charge on any atom is -0.510 e. The summed E-state index contributed by atoms with van der Waals surface area (Å²) in [7, 11) is 0. The van der Waals surface area contributed by atoms with E-state index in [2.05, 4.69) is 19.9 Å². The van der Waals surface area contributed by atoms with E-state index in [0.29, 0.717) is 24.0 Å². The third kappa shape index (κ3) is 2.03. The van der Waals surface area contributed by atoms with Crippen LogP contribution < -0.4 is 0 Å². The molecule has 0 unspecified atom stereocenters. The van der Waals surface area contributed by atoms with Crippen LogP contribution in [0.2, 0.25) is 0 Å². The molecule has 4 aliphatic carbocycles. The SMILES string of the molecule is C[C@]12CCC(=O)C=C1CC[C@@H]1C2=CC[C@]2(C)/C(=C(\O)CO)CC[C@@H]12. The number of aliphatic hydroxyl groups excluding tert-OH is 2. The smallest absolute Gasteiger partial charge is 0.155 e. The zero-order valence-electron chi connectivity index (χ0n) is 14.8. The van der Waals surface area contributed by atoms with Crippen molar-refractivity contribution in [3.63, 3.8) is 0 Å². The molecular formula is C21H28O3. The molecule has 4 atom stereocenters. The lowest BCUT2D eigenvalue weighted by atomic mass is 9.51. The third-order valence-electron chi connectivity index (χ3n) is 7.62. The van der Waals surface area contributed by atoms with Gasteiger partial charge in [-0.3, -0.25) is 4.79 Å². The molecule has 0 aromatic carbocycles. The quantitative estimate of drug-likeness (QED) is 0.559. The molecule has 0 aromatic heterocycles. The Hall–Kier alpha value is -1.35. The second-order valence-electron chi connectivity index (χ2n) is 8.62. The van der Waals surface area contributed by atoms with Crippen LogP contribution in [0.3, 0.4) is 0 Å². The molecule has 0 heterocycles. The highest BCUT2D eigenvalue weighted by Crippen LogP contribution is 2.64. The summed E-state index contributed by atoms with van der Waals surface area (Å²) in [5, 5.41) is 19.6. The number of carbonyl (C=O) groups excluding carboxylic acids is 1. The van der Waals surface area contributed by atoms with Gasteiger partial charge in [0.2, 0.25) is 0 Å². The van der Waals surface area contributed by atoms with Gasteiger partial charge in [-0.05, 0) is 67.4 Å². The first-order chi connectivity index (χ1) is 11.4. The van der Waals surface area contributed by atoms with Gasteiger partial charge in [-0.2, -0.15) is 0 Å². The highest BCUT2D eigenvalue weighted by Gasteiger charge is 2.54. The maximum absolute atomic E-state index is 11.9. The van der Waals surface area contributed by atoms with E-state index in [9.17, 15) is 15.0 Å². The summed E-state index contributed by atoms with van der Waals surface area (Å²) >= 11 is 0. The van der Waals surface area contributed by atoms with E-state index in [0.717, 1.165) is 44.1 Å². The van der Waals surface area contributed by atoms with Gasteiger partial charge in [-0.25, -0.2) is 0 Å². The molecule has 130 valence electrons. The predicted octanol–water partition coefficient (Wildman–Crippen LogP) is 4.24. The second kappa shape index (κ2) is 5.32. The summed E-state index contributed by atoms with van der Waals surface area (Å²) in [4.78, 5) is 11.9. The van der Waals surface area contributed by atoms with Crippen LogP contribution in [0, 0.1) is 22.7 Å². The average molecular weight is 328 g/mol. The number of fused-ring (bicyclic) bond motifs is 5. The number of hydrogen-bond acceptors (Lipinski definition) is 3. The van der Waals surface area contributed by atoms with E-state index in [4.69, 9.17) is 0 Å². The predicted molar refractivity (Wildman–Crippen MR) is 93.4 cm³/mol. The summed E-state index contributed by atoms with van der Waals surface area (Å²) < 4.78 is 0. The fourth-order valence-electron chi connectivity index (χ4n) is 6.25. The molecule has 2 fully saturated rings. The van der Waals surface area contributed by atoms with Crippen molar-refractivity contribution in [2.45, 2.75) is 58.8 Å². The number of ketones is 1. The Labute approximate surface area is 144 Å². The summed E-state index contributed by atoms with van der Waals surface area (Å²) in [5.74, 6) is 1.60. The molecule has 4 rings (SSSR count). The first kappa shape index (κ1) is 16.1. The van der Waals surface area contributed by atoms with Crippen LogP contribution in [-0.2, 0) is 4.79 Å². The standard InChI is InChI=1S/C21H28O3/c1-20-9-7-14(23)11-13(20)3-4-15-16-5-6-18(19(24)12-22)21(16,2)10-8-17(15)20/h8,11,15-16,22,24H,3-7,9-10,12H2,1-2H3/b19-18-/t15-,16-,20-,21-/m0/s1. The van der Waals surface area contributed by atoms with Crippen molar-refractivity contribution >= 4 is 5.78 Å². The van der Waals surface area contributed by atoms with Crippen molar-refractivity contribution in [2.24, 2.45) is 22.7 Å². The molecule has 0 spiro atoms. The molecule has 0 radical (unpaired) electrons. The Bertz CT molecular complexity index is 683. The van der Waals surface area contributed by atoms with Crippen LogP contribution in [0.15, 0.2) is 34.6 Å². The Morgan fingerprint density at radius 3 is 2.79 bits per heavy atom. The van der Waals surface area contributed by atoms with Gasteiger partial charge in [0.25, 0.3) is 0 Å². The monoisotopic (exact) mass is 328 g/mol. The van der Waals surface area contributed by atoms with Gasteiger partial charge >= 0.3 is 0 Å². The van der Waals surface area contributed by atoms with E-state index in [1.54, 1.807) is 5.57 Å². The molecule has 0 amide bonds. The first-order valence-electron chi connectivity index (χ1n) is 9.37. The summed E-state index contributed by atoms with van der Waals surface area (Å²) in [6.07, 6.45) is 11.1. The number of rotatable bonds is 1. The van der Waals surface area contributed by atoms with Crippen molar-refractivity contribution in [3.8, 4) is 0 Å². The molecule has 2 N–H and O–H groups in total. The summed E-state index contributed by atoms with van der Waals surface area (Å²) in [5.41, 5.74) is 4.04. The van der Waals surface area contributed by atoms with Crippen molar-refractivity contribution in [1.29, 1.82) is 0 Å². The molecule has 0 aromatic rings. The van der Waals surface area contributed by atoms with Gasteiger partial charge < -0.3 is 10.2 Å². The first-order valence-corrected chi connectivity index (χ1v) is 9.37. The second-order valence-corrected chi connectivity index (χ2v) is 8.62. The molecule has 24 heavy (non-hydrogen) atoms. The fourth-order valence-corrected chi connectivity index (χ4v) is 6.25.